The van der Waals surface area contributed by atoms with E-state index in [0.29, 0.717) is 22.8 Å². The highest BCUT2D eigenvalue weighted by Crippen LogP contribution is 2.22. The molecule has 0 saturated carbocycles. The van der Waals surface area contributed by atoms with E-state index in [9.17, 15) is 14.0 Å². The van der Waals surface area contributed by atoms with Crippen LogP contribution in [0.5, 0.6) is 0 Å². The number of likely N-dealkylation sites (N-methyl/N-ethyl adjacent to an activating group) is 1. The van der Waals surface area contributed by atoms with Crippen LogP contribution in [-0.2, 0) is 4.79 Å². The van der Waals surface area contributed by atoms with Crippen LogP contribution in [0.15, 0.2) is 40.9 Å². The molecule has 0 spiro atoms. The monoisotopic (exact) mass is 384 g/mol. The summed E-state index contributed by atoms with van der Waals surface area (Å²) in [5.74, 6) is -0.106. The fourth-order valence-electron chi connectivity index (χ4n) is 3.07. The van der Waals surface area contributed by atoms with Gasteiger partial charge in [-0.1, -0.05) is 5.16 Å². The van der Waals surface area contributed by atoms with Crippen LogP contribution in [0.1, 0.15) is 27.5 Å². The van der Waals surface area contributed by atoms with Crippen molar-refractivity contribution in [1.29, 1.82) is 0 Å². The van der Waals surface area contributed by atoms with Gasteiger partial charge in [-0.2, -0.15) is 0 Å². The number of amides is 2. The molecule has 3 rings (SSSR count). The predicted molar refractivity (Wildman–Crippen MR) is 102 cm³/mol. The van der Waals surface area contributed by atoms with Gasteiger partial charge >= 0.3 is 0 Å². The molecule has 146 valence electrons. The zero-order valence-corrected chi connectivity index (χ0v) is 16.1. The number of aryl methyl sites for hydroxylation is 2. The number of hydrogen-bond acceptors (Lipinski definition) is 4. The molecule has 0 unspecified atom stereocenters. The minimum absolute atomic E-state index is 0.134. The molecule has 7 nitrogen and oxygen atoms in total. The van der Waals surface area contributed by atoms with Gasteiger partial charge < -0.3 is 19.3 Å². The summed E-state index contributed by atoms with van der Waals surface area (Å²) in [6.07, 6.45) is 0. The number of nitrogens with one attached hydrogen (secondary N) is 1. The van der Waals surface area contributed by atoms with Crippen molar-refractivity contribution in [3.05, 3.63) is 64.9 Å². The van der Waals surface area contributed by atoms with Crippen molar-refractivity contribution < 1.29 is 18.5 Å². The summed E-state index contributed by atoms with van der Waals surface area (Å²) in [6.45, 7) is 5.27. The Bertz CT molecular complexity index is 1020. The lowest BCUT2D eigenvalue weighted by Gasteiger charge is -2.16. The standard InChI is InChI=1S/C20H21FN4O3/c1-12-9-17(14(3)25(12)16-7-5-15(21)6-8-16)20(27)24(4)11-19(26)22-18-10-13(2)28-23-18/h5-10H,11H2,1-4H3,(H,22,23,26). The zero-order valence-electron chi connectivity index (χ0n) is 16.1. The van der Waals surface area contributed by atoms with Gasteiger partial charge in [-0.05, 0) is 51.1 Å². The minimum atomic E-state index is -0.378. The molecule has 0 saturated heterocycles. The number of hydrogen-bond donors (Lipinski definition) is 1. The molecule has 1 N–H and O–H groups in total. The van der Waals surface area contributed by atoms with Gasteiger partial charge in [-0.15, -0.1) is 0 Å². The summed E-state index contributed by atoms with van der Waals surface area (Å²) >= 11 is 0. The lowest BCUT2D eigenvalue weighted by Crippen LogP contribution is -2.35. The SMILES string of the molecule is Cc1cc(NC(=O)CN(C)C(=O)c2cc(C)n(-c3ccc(F)cc3)c2C)no1. The topological polar surface area (TPSA) is 80.4 Å². The molecule has 0 radical (unpaired) electrons. The summed E-state index contributed by atoms with van der Waals surface area (Å²) in [7, 11) is 1.56. The average Bonchev–Trinajstić information content (AvgIpc) is 3.17. The van der Waals surface area contributed by atoms with E-state index in [1.54, 1.807) is 38.2 Å². The number of benzene rings is 1. The minimum Gasteiger partial charge on any atom is -0.360 e. The molecule has 0 aliphatic carbocycles. The van der Waals surface area contributed by atoms with Crippen LogP contribution in [0.4, 0.5) is 10.2 Å². The third-order valence-corrected chi connectivity index (χ3v) is 4.37. The fourth-order valence-corrected chi connectivity index (χ4v) is 3.07. The van der Waals surface area contributed by atoms with E-state index in [2.05, 4.69) is 10.5 Å². The van der Waals surface area contributed by atoms with Crippen LogP contribution in [0.25, 0.3) is 5.69 Å². The number of carbonyl (C=O) groups excluding carboxylic acids is 2. The molecule has 2 amide bonds. The fraction of sp³-hybridized carbons (Fsp3) is 0.250. The maximum absolute atomic E-state index is 13.2. The molecule has 0 bridgehead atoms. The molecule has 28 heavy (non-hydrogen) atoms. The van der Waals surface area contributed by atoms with E-state index in [0.717, 1.165) is 11.4 Å². The summed E-state index contributed by atoms with van der Waals surface area (Å²) in [6, 6.07) is 9.41. The van der Waals surface area contributed by atoms with Gasteiger partial charge in [0, 0.05) is 30.2 Å². The molecule has 0 fully saturated rings. The Hall–Kier alpha value is -3.42. The van der Waals surface area contributed by atoms with Crippen molar-refractivity contribution in [3.63, 3.8) is 0 Å². The van der Waals surface area contributed by atoms with Crippen molar-refractivity contribution in [2.24, 2.45) is 0 Å². The maximum atomic E-state index is 13.2. The van der Waals surface area contributed by atoms with Crippen LogP contribution in [0, 0.1) is 26.6 Å². The van der Waals surface area contributed by atoms with E-state index >= 15 is 0 Å². The second-order valence-corrected chi connectivity index (χ2v) is 6.63. The third kappa shape index (κ3) is 3.95. The lowest BCUT2D eigenvalue weighted by atomic mass is 10.2. The Kier molecular flexibility index (Phi) is 5.30. The Morgan fingerprint density at radius 3 is 2.46 bits per heavy atom. The Balaban J connectivity index is 1.75. The normalized spacial score (nSPS) is 10.8. The van der Waals surface area contributed by atoms with Crippen molar-refractivity contribution >= 4 is 17.6 Å². The lowest BCUT2D eigenvalue weighted by molar-refractivity contribution is -0.116. The molecular formula is C20H21FN4O3. The average molecular weight is 384 g/mol. The van der Waals surface area contributed by atoms with Gasteiger partial charge in [-0.3, -0.25) is 9.59 Å². The Labute approximate surface area is 161 Å². The molecule has 8 heteroatoms. The summed E-state index contributed by atoms with van der Waals surface area (Å²) in [5.41, 5.74) is 2.79. The molecule has 2 aromatic heterocycles. The first-order valence-corrected chi connectivity index (χ1v) is 8.70. The number of aromatic nitrogens is 2. The number of nitrogens with zero attached hydrogens (tertiary/aromatic N) is 3. The largest absolute Gasteiger partial charge is 0.360 e. The molecule has 0 atom stereocenters. The number of rotatable bonds is 5. The van der Waals surface area contributed by atoms with Crippen LogP contribution in [0.3, 0.4) is 0 Å². The first kappa shape index (κ1) is 19.3. The molecular weight excluding hydrogens is 363 g/mol. The Morgan fingerprint density at radius 1 is 1.18 bits per heavy atom. The van der Waals surface area contributed by atoms with Crippen molar-refractivity contribution in [3.8, 4) is 5.69 Å². The van der Waals surface area contributed by atoms with Gasteiger partial charge in [0.1, 0.15) is 11.6 Å². The number of anilines is 1. The first-order valence-electron chi connectivity index (χ1n) is 8.70. The first-order chi connectivity index (χ1) is 13.3. The molecule has 3 aromatic rings. The smallest absolute Gasteiger partial charge is 0.255 e. The highest BCUT2D eigenvalue weighted by molar-refractivity contribution is 5.99. The highest BCUT2D eigenvalue weighted by Gasteiger charge is 2.21. The second kappa shape index (κ2) is 7.67. The zero-order chi connectivity index (χ0) is 20.4. The highest BCUT2D eigenvalue weighted by atomic mass is 19.1. The predicted octanol–water partition coefficient (Wildman–Crippen LogP) is 3.24. The Morgan fingerprint density at radius 2 is 1.86 bits per heavy atom. The van der Waals surface area contributed by atoms with Crippen LogP contribution in [-0.4, -0.2) is 40.0 Å². The van der Waals surface area contributed by atoms with Crippen LogP contribution in [0.2, 0.25) is 0 Å². The maximum Gasteiger partial charge on any atom is 0.255 e. The number of halogens is 1. The van der Waals surface area contributed by atoms with Gasteiger partial charge in [0.05, 0.1) is 12.1 Å². The molecule has 2 heterocycles. The molecule has 1 aromatic carbocycles. The second-order valence-electron chi connectivity index (χ2n) is 6.63. The molecule has 0 aliphatic rings. The number of carbonyl (C=O) groups is 2. The summed E-state index contributed by atoms with van der Waals surface area (Å²) in [4.78, 5) is 26.3. The molecule has 0 aliphatic heterocycles. The van der Waals surface area contributed by atoms with E-state index in [-0.39, 0.29) is 24.2 Å². The van der Waals surface area contributed by atoms with E-state index in [1.807, 2.05) is 18.4 Å². The van der Waals surface area contributed by atoms with Crippen molar-refractivity contribution in [2.45, 2.75) is 20.8 Å². The van der Waals surface area contributed by atoms with Crippen LogP contribution >= 0.6 is 0 Å². The van der Waals surface area contributed by atoms with E-state index < -0.39 is 0 Å². The van der Waals surface area contributed by atoms with Gasteiger partial charge in [-0.25, -0.2) is 4.39 Å². The van der Waals surface area contributed by atoms with Gasteiger partial charge in [0.15, 0.2) is 5.82 Å². The third-order valence-electron chi connectivity index (χ3n) is 4.37. The van der Waals surface area contributed by atoms with Crippen molar-refractivity contribution in [2.75, 3.05) is 18.9 Å². The van der Waals surface area contributed by atoms with Gasteiger partial charge in [0.25, 0.3) is 5.91 Å². The van der Waals surface area contributed by atoms with Crippen molar-refractivity contribution in [1.82, 2.24) is 14.6 Å². The summed E-state index contributed by atoms with van der Waals surface area (Å²) < 4.78 is 20.0. The van der Waals surface area contributed by atoms with Crippen LogP contribution < -0.4 is 5.32 Å². The van der Waals surface area contributed by atoms with E-state index in [4.69, 9.17) is 4.52 Å². The van der Waals surface area contributed by atoms with Gasteiger partial charge in [0.2, 0.25) is 5.91 Å². The summed E-state index contributed by atoms with van der Waals surface area (Å²) in [5, 5.41) is 6.28. The quantitative estimate of drug-likeness (QED) is 0.732. The van der Waals surface area contributed by atoms with E-state index in [1.165, 1.54) is 17.0 Å².